The number of hydrogen-bond donors (Lipinski definition) is 0. The minimum absolute atomic E-state index is 0. The first-order chi connectivity index (χ1) is 4.74. The largest absolute Gasteiger partial charge is 2.00 e. The number of nitriles is 3. The van der Waals surface area contributed by atoms with Gasteiger partial charge in [0.05, 0.1) is 0 Å². The Kier molecular flexibility index (Phi) is 93.5. The van der Waals surface area contributed by atoms with Gasteiger partial charge in [-0.15, -0.1) is 0 Å². The monoisotopic (exact) mass is 432 g/mol. The molecule has 0 rings (SSSR count). The minimum Gasteiger partial charge on any atom is 2.00 e. The van der Waals surface area contributed by atoms with Gasteiger partial charge in [-0.25, -0.2) is 10.5 Å². The van der Waals surface area contributed by atoms with Crippen molar-refractivity contribution in [3.05, 3.63) is 0 Å². The number of hydrogen-bond acceptors (Lipinski definition) is 6. The van der Waals surface area contributed by atoms with Crippen molar-refractivity contribution in [1.29, 1.82) is 15.8 Å². The van der Waals surface area contributed by atoms with Gasteiger partial charge in [0.2, 0.25) is 0 Å². The van der Waals surface area contributed by atoms with Crippen molar-refractivity contribution in [2.24, 2.45) is 0 Å². The summed E-state index contributed by atoms with van der Waals surface area (Å²) < 4.78 is 0. The molecule has 0 radical (unpaired) electrons. The molecule has 0 aromatic heterocycles. The molecule has 0 saturated heterocycles. The number of thiocyanates is 3. The van der Waals surface area contributed by atoms with Crippen molar-refractivity contribution in [1.82, 2.24) is 0 Å². The zero-order chi connectivity index (χ0) is 8.83. The third-order valence-corrected chi connectivity index (χ3v) is 1.70. The van der Waals surface area contributed by atoms with Crippen LogP contribution in [0.3, 0.4) is 0 Å². The van der Waals surface area contributed by atoms with Gasteiger partial charge in [-0.2, -0.15) is 0 Å². The molecule has 0 bridgehead atoms. The van der Waals surface area contributed by atoms with Gasteiger partial charge < -0.3 is 25.3 Å². The molecule has 0 aromatic carbocycles. The molecule has 0 aliphatic carbocycles. The van der Waals surface area contributed by atoms with E-state index in [1.807, 2.05) is 5.40 Å². The predicted octanol–water partition coefficient (Wildman–Crippen LogP) is 0.689. The fraction of sp³-hybridized carbons (Fsp3) is 0. The molecule has 0 atom stereocenters. The van der Waals surface area contributed by atoms with Crippen LogP contribution in [0, 0.1) is 32.0 Å². The van der Waals surface area contributed by atoms with Gasteiger partial charge in [0.1, 0.15) is 0 Å². The second-order valence-electron chi connectivity index (χ2n) is 0.418. The molecule has 8 heteroatoms. The van der Waals surface area contributed by atoms with Gasteiger partial charge in [0, 0.05) is 0 Å². The van der Waals surface area contributed by atoms with Crippen LogP contribution in [-0.4, -0.2) is 0 Å². The Morgan fingerprint density at radius 1 is 1.09 bits per heavy atom. The minimum atomic E-state index is 0. The fourth-order valence-corrected chi connectivity index (χ4v) is 0. The van der Waals surface area contributed by atoms with Gasteiger partial charge in [0.25, 0.3) is 0 Å². The summed E-state index contributed by atoms with van der Waals surface area (Å²) in [6.07, 6.45) is 0. The quantitative estimate of drug-likeness (QED) is 0.320. The standard InChI is InChI=1S/3CHNS.Fe.Hg/c3*2-1-3;;/h3*3H;;/q;;;+2;+1/p-3. The van der Waals surface area contributed by atoms with Gasteiger partial charge in [-0.05, 0) is 0 Å². The van der Waals surface area contributed by atoms with E-state index in [2.05, 4.69) is 25.3 Å². The topological polar surface area (TPSA) is 71.4 Å². The van der Waals surface area contributed by atoms with Crippen LogP contribution < -0.4 is 0 Å². The summed E-state index contributed by atoms with van der Waals surface area (Å²) >= 11 is 8.03. The smallest absolute Gasteiger partial charge is 2.00 e. The summed E-state index contributed by atoms with van der Waals surface area (Å²) in [5.41, 5.74) is 0. The first-order valence-electron chi connectivity index (χ1n) is 1.57. The average molecular weight is 431 g/mol. The van der Waals surface area contributed by atoms with E-state index in [1.54, 1.807) is 0 Å². The van der Waals surface area contributed by atoms with Crippen LogP contribution in [0.4, 0.5) is 0 Å². The second-order valence-corrected chi connectivity index (χ2v) is 4.62. The molecule has 11 heavy (non-hydrogen) atoms. The van der Waals surface area contributed by atoms with Crippen LogP contribution in [-0.2, 0) is 66.9 Å². The molecule has 0 fully saturated rings. The van der Waals surface area contributed by atoms with Crippen LogP contribution in [0.15, 0.2) is 0 Å². The van der Waals surface area contributed by atoms with Gasteiger partial charge in [-0.1, -0.05) is 10.8 Å². The molecular formula is C3FeHgN3S3. The van der Waals surface area contributed by atoms with Crippen LogP contribution in [0.2, 0.25) is 0 Å². The Labute approximate surface area is 106 Å². The predicted molar refractivity (Wildman–Crippen MR) is 39.2 cm³/mol. The van der Waals surface area contributed by atoms with E-state index in [4.69, 9.17) is 15.8 Å². The van der Waals surface area contributed by atoms with Crippen molar-refractivity contribution >= 4 is 33.5 Å². The van der Waals surface area contributed by atoms with Crippen molar-refractivity contribution in [2.45, 2.75) is 0 Å². The van der Waals surface area contributed by atoms with E-state index in [9.17, 15) is 0 Å². The first-order valence-corrected chi connectivity index (χ1v) is 10.1. The normalized spacial score (nSPS) is 3.18. The summed E-state index contributed by atoms with van der Waals surface area (Å²) in [5.74, 6) is 0. The number of nitrogens with zero attached hydrogens (tertiary/aromatic N) is 3. The molecule has 0 aromatic rings. The third kappa shape index (κ3) is 277. The van der Waals surface area contributed by atoms with E-state index in [0.717, 1.165) is 0 Å². The Morgan fingerprint density at radius 2 is 1.18 bits per heavy atom. The van der Waals surface area contributed by atoms with Crippen LogP contribution in [0.1, 0.15) is 0 Å². The van der Waals surface area contributed by atoms with E-state index in [-0.39, 0.29) is 17.1 Å². The Hall–Kier alpha value is 0.715. The summed E-state index contributed by atoms with van der Waals surface area (Å²) in [5, 5.41) is 26.5. The van der Waals surface area contributed by atoms with Gasteiger partial charge >= 0.3 is 60.6 Å². The van der Waals surface area contributed by atoms with Crippen LogP contribution in [0.25, 0.3) is 0 Å². The Balaban J connectivity index is -0.0000000325. The maximum absolute atomic E-state index is 7.64. The summed E-state index contributed by atoms with van der Waals surface area (Å²) in [4.78, 5) is 0. The van der Waals surface area contributed by atoms with Crippen molar-refractivity contribution in [2.75, 3.05) is 0 Å². The maximum Gasteiger partial charge on any atom is 2.00 e. The van der Waals surface area contributed by atoms with E-state index < -0.39 is 0 Å². The molecule has 55 valence electrons. The van der Waals surface area contributed by atoms with Crippen LogP contribution in [0.5, 0.6) is 0 Å². The molecule has 0 aliphatic rings. The molecule has 0 unspecified atom stereocenters. The second kappa shape index (κ2) is 45.5. The summed E-state index contributed by atoms with van der Waals surface area (Å²) in [6, 6.07) is 0. The van der Waals surface area contributed by atoms with E-state index in [0.29, 0.717) is 24.6 Å². The zero-order valence-electron chi connectivity index (χ0n) is 5.13. The van der Waals surface area contributed by atoms with Crippen molar-refractivity contribution < 1.29 is 41.7 Å². The Bertz CT molecular complexity index is 145. The molecular weight excluding hydrogens is 431 g/mol. The Morgan fingerprint density at radius 3 is 1.18 bits per heavy atom. The molecule has 0 saturated carbocycles. The molecule has 3 nitrogen and oxygen atoms in total. The summed E-state index contributed by atoms with van der Waals surface area (Å²) in [6.45, 7) is 0. The summed E-state index contributed by atoms with van der Waals surface area (Å²) in [7, 11) is 1.36. The first kappa shape index (κ1) is 22.6. The zero-order valence-corrected chi connectivity index (χ0v) is 14.2. The average Bonchev–Trinajstić information content (AvgIpc) is 1.91. The van der Waals surface area contributed by atoms with E-state index >= 15 is 0 Å². The SMILES string of the molecule is N#C[S-].N#C[S-].N#C[S][Hg].[Fe+2]. The maximum atomic E-state index is 7.64. The van der Waals surface area contributed by atoms with Crippen molar-refractivity contribution in [3.63, 3.8) is 0 Å². The fourth-order valence-electron chi connectivity index (χ4n) is 0. The molecule has 0 heterocycles. The molecule has 0 aliphatic heterocycles. The molecule has 0 spiro atoms. The molecule has 0 N–H and O–H groups in total. The molecule has 0 amide bonds. The van der Waals surface area contributed by atoms with E-state index in [1.165, 1.54) is 19.0 Å². The van der Waals surface area contributed by atoms with Gasteiger partial charge in [0.15, 0.2) is 0 Å². The third-order valence-electron chi connectivity index (χ3n) is 0.0645. The van der Waals surface area contributed by atoms with Crippen molar-refractivity contribution in [3.8, 4) is 16.2 Å². The number of rotatable bonds is 0. The van der Waals surface area contributed by atoms with Crippen LogP contribution >= 0.6 is 8.24 Å². The van der Waals surface area contributed by atoms with Gasteiger partial charge in [-0.3, -0.25) is 0 Å².